The Morgan fingerprint density at radius 2 is 2.00 bits per heavy atom. The Hall–Kier alpha value is -3.13. The summed E-state index contributed by atoms with van der Waals surface area (Å²) >= 11 is 0. The molecular weight excluding hydrogens is 382 g/mol. The molecule has 1 amide bonds. The number of hydrogen-bond acceptors (Lipinski definition) is 6. The van der Waals surface area contributed by atoms with Crippen LogP contribution in [0.4, 0.5) is 5.82 Å². The minimum absolute atomic E-state index is 0.481. The number of nitrogens with zero attached hydrogens (tertiary/aromatic N) is 4. The number of aromatic nitrogens is 3. The molecule has 1 aliphatic rings. The Morgan fingerprint density at radius 1 is 1.23 bits per heavy atom. The summed E-state index contributed by atoms with van der Waals surface area (Å²) in [7, 11) is 9.38. The Morgan fingerprint density at radius 3 is 2.57 bits per heavy atom. The zero-order valence-corrected chi connectivity index (χ0v) is 18.2. The van der Waals surface area contributed by atoms with Gasteiger partial charge in [0.15, 0.2) is 0 Å². The van der Waals surface area contributed by atoms with Crippen LogP contribution < -0.4 is 14.8 Å². The molecule has 8 nitrogen and oxygen atoms in total. The van der Waals surface area contributed by atoms with Crippen LogP contribution in [0, 0.1) is 5.92 Å². The van der Waals surface area contributed by atoms with Crippen molar-refractivity contribution in [2.75, 3.05) is 40.2 Å². The van der Waals surface area contributed by atoms with Crippen LogP contribution >= 0.6 is 0 Å². The second-order valence-corrected chi connectivity index (χ2v) is 7.58. The predicted octanol–water partition coefficient (Wildman–Crippen LogP) is 3.18. The molecule has 30 heavy (non-hydrogen) atoms. The number of hydrogen-bond donors (Lipinski definition) is 1. The standard InChI is InChI=1S/C16H16N4O3.C6H13N/c1-20-11(15-13(22-2)4-5-17-16(15)23-3)6-10-7-14(19-9-21)18-8-12(10)20;1-7(2)5-6-3-4-6/h4-9H,1-3H3,(H,18,19,21);6H,3-5H2,1-2H3. The van der Waals surface area contributed by atoms with Crippen molar-refractivity contribution in [2.45, 2.75) is 12.8 Å². The van der Waals surface area contributed by atoms with Crippen molar-refractivity contribution in [3.8, 4) is 22.9 Å². The number of nitrogens with one attached hydrogen (secondary N) is 1. The molecule has 0 atom stereocenters. The van der Waals surface area contributed by atoms with Gasteiger partial charge in [-0.05, 0) is 51.1 Å². The van der Waals surface area contributed by atoms with Gasteiger partial charge in [-0.2, -0.15) is 0 Å². The summed E-state index contributed by atoms with van der Waals surface area (Å²) in [6.45, 7) is 1.31. The number of anilines is 1. The molecule has 0 radical (unpaired) electrons. The van der Waals surface area contributed by atoms with Gasteiger partial charge in [-0.1, -0.05) is 0 Å². The summed E-state index contributed by atoms with van der Waals surface area (Å²) < 4.78 is 12.8. The molecule has 0 aliphatic heterocycles. The summed E-state index contributed by atoms with van der Waals surface area (Å²) in [6.07, 6.45) is 6.89. The minimum atomic E-state index is 0.481. The van der Waals surface area contributed by atoms with Crippen molar-refractivity contribution < 1.29 is 14.3 Å². The quantitative estimate of drug-likeness (QED) is 0.602. The van der Waals surface area contributed by atoms with Crippen molar-refractivity contribution in [3.63, 3.8) is 0 Å². The van der Waals surface area contributed by atoms with Crippen LogP contribution in [0.5, 0.6) is 11.6 Å². The molecule has 4 rings (SSSR count). The number of carbonyl (C=O) groups excluding carboxylic acids is 1. The molecule has 1 fully saturated rings. The molecule has 3 aromatic rings. The third-order valence-corrected chi connectivity index (χ3v) is 5.00. The second-order valence-electron chi connectivity index (χ2n) is 7.58. The topological polar surface area (TPSA) is 81.5 Å². The van der Waals surface area contributed by atoms with Crippen molar-refractivity contribution in [3.05, 3.63) is 30.6 Å². The number of amides is 1. The van der Waals surface area contributed by atoms with Crippen LogP contribution in [-0.2, 0) is 11.8 Å². The van der Waals surface area contributed by atoms with Crippen LogP contribution in [0.15, 0.2) is 30.6 Å². The second kappa shape index (κ2) is 9.58. The summed E-state index contributed by atoms with van der Waals surface area (Å²) in [5, 5.41) is 3.49. The maximum absolute atomic E-state index is 10.6. The Labute approximate surface area is 176 Å². The van der Waals surface area contributed by atoms with E-state index in [1.54, 1.807) is 32.7 Å². The zero-order valence-electron chi connectivity index (χ0n) is 18.2. The van der Waals surface area contributed by atoms with Gasteiger partial charge in [0.1, 0.15) is 17.1 Å². The Bertz CT molecular complexity index is 989. The van der Waals surface area contributed by atoms with E-state index in [-0.39, 0.29) is 0 Å². The monoisotopic (exact) mass is 411 g/mol. The van der Waals surface area contributed by atoms with Crippen LogP contribution in [0.2, 0.25) is 0 Å². The fourth-order valence-corrected chi connectivity index (χ4v) is 3.42. The lowest BCUT2D eigenvalue weighted by Crippen LogP contribution is -2.14. The van der Waals surface area contributed by atoms with E-state index in [0.717, 1.165) is 28.1 Å². The number of fused-ring (bicyclic) bond motifs is 1. The normalized spacial score (nSPS) is 13.0. The van der Waals surface area contributed by atoms with Crippen molar-refractivity contribution in [1.29, 1.82) is 0 Å². The van der Waals surface area contributed by atoms with E-state index in [1.165, 1.54) is 19.4 Å². The molecule has 3 aromatic heterocycles. The van der Waals surface area contributed by atoms with Gasteiger partial charge in [-0.3, -0.25) is 4.79 Å². The molecule has 0 bridgehead atoms. The van der Waals surface area contributed by atoms with E-state index in [9.17, 15) is 4.79 Å². The van der Waals surface area contributed by atoms with Crippen LogP contribution in [0.25, 0.3) is 22.2 Å². The molecule has 0 aromatic carbocycles. The van der Waals surface area contributed by atoms with E-state index in [4.69, 9.17) is 9.47 Å². The zero-order chi connectivity index (χ0) is 21.7. The van der Waals surface area contributed by atoms with Crippen LogP contribution in [0.3, 0.4) is 0 Å². The van der Waals surface area contributed by atoms with E-state index in [2.05, 4.69) is 34.3 Å². The van der Waals surface area contributed by atoms with Gasteiger partial charge in [0.2, 0.25) is 12.3 Å². The van der Waals surface area contributed by atoms with Crippen LogP contribution in [-0.4, -0.2) is 60.7 Å². The third-order valence-electron chi connectivity index (χ3n) is 5.00. The van der Waals surface area contributed by atoms with Gasteiger partial charge in [0, 0.05) is 25.2 Å². The highest BCUT2D eigenvalue weighted by Gasteiger charge is 2.21. The van der Waals surface area contributed by atoms with E-state index >= 15 is 0 Å². The Kier molecular flexibility index (Phi) is 6.89. The fourth-order valence-electron chi connectivity index (χ4n) is 3.42. The van der Waals surface area contributed by atoms with E-state index < -0.39 is 0 Å². The average molecular weight is 412 g/mol. The maximum atomic E-state index is 10.6. The van der Waals surface area contributed by atoms with Gasteiger partial charge >= 0.3 is 0 Å². The maximum Gasteiger partial charge on any atom is 0.226 e. The predicted molar refractivity (Wildman–Crippen MR) is 118 cm³/mol. The summed E-state index contributed by atoms with van der Waals surface area (Å²) in [5.74, 6) is 2.70. The summed E-state index contributed by atoms with van der Waals surface area (Å²) in [6, 6.07) is 5.57. The molecule has 3 heterocycles. The number of carbonyl (C=O) groups is 1. The molecule has 1 aliphatic carbocycles. The highest BCUT2D eigenvalue weighted by atomic mass is 16.5. The van der Waals surface area contributed by atoms with E-state index in [1.807, 2.05) is 23.7 Å². The van der Waals surface area contributed by atoms with Gasteiger partial charge in [0.25, 0.3) is 0 Å². The minimum Gasteiger partial charge on any atom is -0.496 e. The highest BCUT2D eigenvalue weighted by Crippen LogP contribution is 2.39. The van der Waals surface area contributed by atoms with Crippen LogP contribution in [0.1, 0.15) is 12.8 Å². The molecule has 8 heteroatoms. The van der Waals surface area contributed by atoms with Gasteiger partial charge in [0.05, 0.1) is 31.6 Å². The van der Waals surface area contributed by atoms with Gasteiger partial charge in [-0.25, -0.2) is 9.97 Å². The smallest absolute Gasteiger partial charge is 0.226 e. The molecule has 160 valence electrons. The number of pyridine rings is 2. The summed E-state index contributed by atoms with van der Waals surface area (Å²) in [5.41, 5.74) is 2.57. The first-order valence-corrected chi connectivity index (χ1v) is 9.86. The molecule has 0 unspecified atom stereocenters. The molecular formula is C22H29N5O3. The number of ether oxygens (including phenoxy) is 2. The number of rotatable bonds is 7. The number of methoxy groups -OCH3 is 2. The lowest BCUT2D eigenvalue weighted by atomic mass is 10.1. The lowest BCUT2D eigenvalue weighted by Gasteiger charge is -2.12. The molecule has 1 saturated carbocycles. The van der Waals surface area contributed by atoms with Crippen molar-refractivity contribution in [1.82, 2.24) is 19.4 Å². The summed E-state index contributed by atoms with van der Waals surface area (Å²) in [4.78, 5) is 21.3. The largest absolute Gasteiger partial charge is 0.496 e. The molecule has 1 N–H and O–H groups in total. The lowest BCUT2D eigenvalue weighted by molar-refractivity contribution is -0.105. The van der Waals surface area contributed by atoms with Gasteiger partial charge in [-0.15, -0.1) is 0 Å². The third kappa shape index (κ3) is 4.88. The highest BCUT2D eigenvalue weighted by molar-refractivity contribution is 5.91. The Balaban J connectivity index is 0.000000310. The SMILES string of the molecule is CN(C)CC1CC1.COc1ccnc(OC)c1-c1cc2cc(NC=O)ncc2n1C. The fraction of sp³-hybridized carbons (Fsp3) is 0.409. The van der Waals surface area contributed by atoms with Crippen molar-refractivity contribution in [2.24, 2.45) is 13.0 Å². The molecule has 0 spiro atoms. The van der Waals surface area contributed by atoms with Gasteiger partial charge < -0.3 is 24.3 Å². The first-order valence-electron chi connectivity index (χ1n) is 9.86. The number of aryl methyl sites for hydroxylation is 1. The first-order chi connectivity index (χ1) is 14.5. The molecule has 0 saturated heterocycles. The average Bonchev–Trinajstić information content (AvgIpc) is 3.49. The van der Waals surface area contributed by atoms with Crippen molar-refractivity contribution >= 4 is 23.1 Å². The van der Waals surface area contributed by atoms with E-state index in [0.29, 0.717) is 23.9 Å². The first kappa shape index (κ1) is 21.6.